The Labute approximate surface area is 130 Å². The summed E-state index contributed by atoms with van der Waals surface area (Å²) in [6, 6.07) is 16.5. The SMILES string of the molecule is CCC(=O)C(CC(=O)c1ccc(OC)cc1)c1ccccc1. The van der Waals surface area contributed by atoms with Gasteiger partial charge in [-0.2, -0.15) is 0 Å². The number of carbonyl (C=O) groups excluding carboxylic acids is 2. The Bertz CT molecular complexity index is 629. The van der Waals surface area contributed by atoms with Crippen molar-refractivity contribution in [1.29, 1.82) is 0 Å². The molecule has 0 heterocycles. The van der Waals surface area contributed by atoms with E-state index in [2.05, 4.69) is 0 Å². The molecule has 2 aromatic carbocycles. The van der Waals surface area contributed by atoms with Gasteiger partial charge in [0.2, 0.25) is 0 Å². The molecule has 0 N–H and O–H groups in total. The first-order valence-electron chi connectivity index (χ1n) is 7.40. The third kappa shape index (κ3) is 3.82. The van der Waals surface area contributed by atoms with Gasteiger partial charge in [-0.15, -0.1) is 0 Å². The minimum atomic E-state index is -0.374. The highest BCUT2D eigenvalue weighted by atomic mass is 16.5. The Morgan fingerprint density at radius 2 is 1.64 bits per heavy atom. The van der Waals surface area contributed by atoms with Gasteiger partial charge in [-0.1, -0.05) is 37.3 Å². The number of ether oxygens (including phenoxy) is 1. The summed E-state index contributed by atoms with van der Waals surface area (Å²) in [7, 11) is 1.59. The minimum absolute atomic E-state index is 0.0293. The van der Waals surface area contributed by atoms with E-state index in [4.69, 9.17) is 4.74 Å². The second kappa shape index (κ2) is 7.55. The van der Waals surface area contributed by atoms with Gasteiger partial charge in [0.1, 0.15) is 11.5 Å². The van der Waals surface area contributed by atoms with Crippen LogP contribution in [0.15, 0.2) is 54.6 Å². The topological polar surface area (TPSA) is 43.4 Å². The zero-order chi connectivity index (χ0) is 15.9. The molecule has 0 radical (unpaired) electrons. The van der Waals surface area contributed by atoms with Crippen LogP contribution in [0, 0.1) is 0 Å². The monoisotopic (exact) mass is 296 g/mol. The van der Waals surface area contributed by atoms with E-state index in [9.17, 15) is 9.59 Å². The van der Waals surface area contributed by atoms with Crippen molar-refractivity contribution in [3.05, 3.63) is 65.7 Å². The largest absolute Gasteiger partial charge is 0.497 e. The molecule has 0 saturated heterocycles. The molecule has 0 amide bonds. The first-order chi connectivity index (χ1) is 10.7. The normalized spacial score (nSPS) is 11.7. The minimum Gasteiger partial charge on any atom is -0.497 e. The van der Waals surface area contributed by atoms with E-state index in [1.54, 1.807) is 31.4 Å². The van der Waals surface area contributed by atoms with Gasteiger partial charge in [0.15, 0.2) is 5.78 Å². The van der Waals surface area contributed by atoms with Gasteiger partial charge in [0.25, 0.3) is 0 Å². The molecule has 1 unspecified atom stereocenters. The number of hydrogen-bond acceptors (Lipinski definition) is 3. The molecule has 2 aromatic rings. The van der Waals surface area contributed by atoms with E-state index in [-0.39, 0.29) is 23.9 Å². The van der Waals surface area contributed by atoms with Crippen molar-refractivity contribution in [2.24, 2.45) is 0 Å². The molecule has 0 spiro atoms. The fourth-order valence-electron chi connectivity index (χ4n) is 2.43. The molecule has 3 heteroatoms. The molecular weight excluding hydrogens is 276 g/mol. The number of Topliss-reactive ketones (excluding diaryl/α,β-unsaturated/α-hetero) is 2. The average Bonchev–Trinajstić information content (AvgIpc) is 2.59. The lowest BCUT2D eigenvalue weighted by molar-refractivity contribution is -0.120. The Morgan fingerprint density at radius 1 is 1.00 bits per heavy atom. The number of carbonyl (C=O) groups is 2. The lowest BCUT2D eigenvalue weighted by Crippen LogP contribution is -2.16. The summed E-state index contributed by atoms with van der Waals surface area (Å²) in [6.07, 6.45) is 0.623. The maximum absolute atomic E-state index is 12.5. The zero-order valence-corrected chi connectivity index (χ0v) is 12.9. The summed E-state index contributed by atoms with van der Waals surface area (Å²) in [5.74, 6) is 0.396. The van der Waals surface area contributed by atoms with Crippen molar-refractivity contribution < 1.29 is 14.3 Å². The molecule has 0 aromatic heterocycles. The number of methoxy groups -OCH3 is 1. The van der Waals surface area contributed by atoms with E-state index >= 15 is 0 Å². The van der Waals surface area contributed by atoms with Crippen molar-refractivity contribution >= 4 is 11.6 Å². The fourth-order valence-corrected chi connectivity index (χ4v) is 2.43. The highest BCUT2D eigenvalue weighted by Gasteiger charge is 2.22. The zero-order valence-electron chi connectivity index (χ0n) is 12.9. The highest BCUT2D eigenvalue weighted by Crippen LogP contribution is 2.24. The van der Waals surface area contributed by atoms with Crippen LogP contribution in [0.25, 0.3) is 0 Å². The quantitative estimate of drug-likeness (QED) is 0.724. The molecule has 114 valence electrons. The second-order valence-electron chi connectivity index (χ2n) is 5.14. The Hall–Kier alpha value is -2.42. The van der Waals surface area contributed by atoms with Crippen LogP contribution in [0.2, 0.25) is 0 Å². The van der Waals surface area contributed by atoms with Crippen molar-refractivity contribution in [2.45, 2.75) is 25.7 Å². The summed E-state index contributed by atoms with van der Waals surface area (Å²) >= 11 is 0. The molecule has 1 atom stereocenters. The van der Waals surface area contributed by atoms with Crippen LogP contribution in [-0.2, 0) is 4.79 Å². The van der Waals surface area contributed by atoms with Gasteiger partial charge >= 0.3 is 0 Å². The third-order valence-electron chi connectivity index (χ3n) is 3.74. The van der Waals surface area contributed by atoms with E-state index < -0.39 is 0 Å². The van der Waals surface area contributed by atoms with Crippen LogP contribution >= 0.6 is 0 Å². The van der Waals surface area contributed by atoms with Gasteiger partial charge in [0.05, 0.1) is 7.11 Å². The van der Waals surface area contributed by atoms with Crippen LogP contribution in [0.4, 0.5) is 0 Å². The first-order valence-corrected chi connectivity index (χ1v) is 7.40. The lowest BCUT2D eigenvalue weighted by atomic mass is 9.87. The fraction of sp³-hybridized carbons (Fsp3) is 0.263. The van der Waals surface area contributed by atoms with Gasteiger partial charge in [0, 0.05) is 24.3 Å². The van der Waals surface area contributed by atoms with Gasteiger partial charge in [-0.3, -0.25) is 9.59 Å². The molecule has 0 bridgehead atoms. The smallest absolute Gasteiger partial charge is 0.163 e. The van der Waals surface area contributed by atoms with Crippen LogP contribution in [0.3, 0.4) is 0 Å². The molecule has 0 aliphatic carbocycles. The number of hydrogen-bond donors (Lipinski definition) is 0. The predicted octanol–water partition coefficient (Wildman–Crippen LogP) is 4.03. The van der Waals surface area contributed by atoms with Crippen LogP contribution in [0.1, 0.15) is 41.6 Å². The maximum atomic E-state index is 12.5. The molecule has 0 saturated carbocycles. The summed E-state index contributed by atoms with van der Waals surface area (Å²) in [5, 5.41) is 0. The Balaban J connectivity index is 2.19. The molecule has 2 rings (SSSR count). The number of benzene rings is 2. The summed E-state index contributed by atoms with van der Waals surface area (Å²) in [5.41, 5.74) is 1.50. The average molecular weight is 296 g/mol. The molecule has 3 nitrogen and oxygen atoms in total. The molecule has 0 aliphatic rings. The van der Waals surface area contributed by atoms with Gasteiger partial charge in [-0.25, -0.2) is 0 Å². The van der Waals surface area contributed by atoms with E-state index in [0.717, 1.165) is 5.56 Å². The summed E-state index contributed by atoms with van der Waals surface area (Å²) in [4.78, 5) is 24.7. The second-order valence-corrected chi connectivity index (χ2v) is 5.14. The van der Waals surface area contributed by atoms with Crippen LogP contribution in [0.5, 0.6) is 5.75 Å². The molecular formula is C19H20O3. The van der Waals surface area contributed by atoms with E-state index in [1.165, 1.54) is 0 Å². The van der Waals surface area contributed by atoms with Gasteiger partial charge in [-0.05, 0) is 29.8 Å². The van der Waals surface area contributed by atoms with Crippen molar-refractivity contribution in [3.63, 3.8) is 0 Å². The van der Waals surface area contributed by atoms with Crippen molar-refractivity contribution in [3.8, 4) is 5.75 Å². The maximum Gasteiger partial charge on any atom is 0.163 e. The highest BCUT2D eigenvalue weighted by molar-refractivity contribution is 6.00. The van der Waals surface area contributed by atoms with Gasteiger partial charge < -0.3 is 4.74 Å². The first kappa shape index (κ1) is 16.0. The van der Waals surface area contributed by atoms with Crippen LogP contribution < -0.4 is 4.74 Å². The molecule has 0 aliphatic heterocycles. The summed E-state index contributed by atoms with van der Waals surface area (Å²) in [6.45, 7) is 1.83. The Kier molecular flexibility index (Phi) is 5.48. The number of ketones is 2. The van der Waals surface area contributed by atoms with Crippen molar-refractivity contribution in [1.82, 2.24) is 0 Å². The summed E-state index contributed by atoms with van der Waals surface area (Å²) < 4.78 is 5.09. The van der Waals surface area contributed by atoms with Crippen molar-refractivity contribution in [2.75, 3.05) is 7.11 Å². The standard InChI is InChI=1S/C19H20O3/c1-3-18(20)17(14-7-5-4-6-8-14)13-19(21)15-9-11-16(22-2)12-10-15/h4-12,17H,3,13H2,1-2H3. The van der Waals surface area contributed by atoms with E-state index in [1.807, 2.05) is 37.3 Å². The lowest BCUT2D eigenvalue weighted by Gasteiger charge is -2.15. The Morgan fingerprint density at radius 3 is 2.18 bits per heavy atom. The van der Waals surface area contributed by atoms with Crippen LogP contribution in [-0.4, -0.2) is 18.7 Å². The predicted molar refractivity (Wildman–Crippen MR) is 86.4 cm³/mol. The molecule has 0 fully saturated rings. The third-order valence-corrected chi connectivity index (χ3v) is 3.74. The number of rotatable bonds is 7. The molecule has 22 heavy (non-hydrogen) atoms. The van der Waals surface area contributed by atoms with E-state index in [0.29, 0.717) is 17.7 Å².